The highest BCUT2D eigenvalue weighted by Gasteiger charge is 2.41. The molecule has 12 heavy (non-hydrogen) atoms. The van der Waals surface area contributed by atoms with Crippen molar-refractivity contribution < 1.29 is 25.5 Å². The molecule has 5 N–H and O–H groups in total. The Morgan fingerprint density at radius 2 is 1.50 bits per heavy atom. The molecule has 1 saturated carbocycles. The average Bonchev–Trinajstić information content (AvgIpc) is 2.08. The van der Waals surface area contributed by atoms with Crippen molar-refractivity contribution in [1.29, 1.82) is 0 Å². The number of hydrogen-bond acceptors (Lipinski definition) is 5. The molecule has 0 aliphatic heterocycles. The normalized spacial score (nSPS) is 49.2. The van der Waals surface area contributed by atoms with Gasteiger partial charge in [-0.3, -0.25) is 0 Å². The van der Waals surface area contributed by atoms with Crippen LogP contribution in [0.3, 0.4) is 0 Å². The van der Waals surface area contributed by atoms with E-state index in [1.165, 1.54) is 0 Å². The monoisotopic (exact) mass is 178 g/mol. The second kappa shape index (κ2) is 3.68. The van der Waals surface area contributed by atoms with Gasteiger partial charge in [0.25, 0.3) is 0 Å². The van der Waals surface area contributed by atoms with Crippen molar-refractivity contribution in [3.8, 4) is 0 Å². The molecule has 0 radical (unpaired) electrons. The van der Waals surface area contributed by atoms with Crippen molar-refractivity contribution in [2.45, 2.75) is 30.8 Å². The lowest BCUT2D eigenvalue weighted by Gasteiger charge is -2.37. The van der Waals surface area contributed by atoms with Crippen molar-refractivity contribution in [2.75, 3.05) is 6.61 Å². The fraction of sp³-hybridized carbons (Fsp3) is 1.00. The molecule has 0 spiro atoms. The molecule has 0 aromatic heterocycles. The largest absolute Gasteiger partial charge is 0.396 e. The van der Waals surface area contributed by atoms with Crippen molar-refractivity contribution in [3.63, 3.8) is 0 Å². The van der Waals surface area contributed by atoms with Crippen molar-refractivity contribution in [1.82, 2.24) is 0 Å². The fourth-order valence-electron chi connectivity index (χ4n) is 1.48. The Hall–Kier alpha value is -0.200. The first-order valence-corrected chi connectivity index (χ1v) is 3.91. The fourth-order valence-corrected chi connectivity index (χ4v) is 1.48. The van der Waals surface area contributed by atoms with Crippen molar-refractivity contribution in [3.05, 3.63) is 0 Å². The van der Waals surface area contributed by atoms with Crippen LogP contribution in [-0.2, 0) is 0 Å². The van der Waals surface area contributed by atoms with E-state index in [0.29, 0.717) is 0 Å². The number of aliphatic hydroxyl groups excluding tert-OH is 5. The molecule has 5 nitrogen and oxygen atoms in total. The smallest absolute Gasteiger partial charge is 0.109 e. The van der Waals surface area contributed by atoms with Gasteiger partial charge in [-0.1, -0.05) is 0 Å². The zero-order valence-corrected chi connectivity index (χ0v) is 6.54. The minimum absolute atomic E-state index is 0.107. The molecule has 0 unspecified atom stereocenters. The number of rotatable bonds is 1. The molecule has 0 aromatic carbocycles. The Morgan fingerprint density at radius 3 is 2.00 bits per heavy atom. The molecule has 1 rings (SSSR count). The van der Waals surface area contributed by atoms with Crippen LogP contribution >= 0.6 is 0 Å². The van der Waals surface area contributed by atoms with Crippen molar-refractivity contribution >= 4 is 0 Å². The third-order valence-electron chi connectivity index (χ3n) is 2.36. The molecule has 5 heteroatoms. The summed E-state index contributed by atoms with van der Waals surface area (Å²) < 4.78 is 0. The number of hydrogen-bond donors (Lipinski definition) is 5. The second-order valence-electron chi connectivity index (χ2n) is 3.22. The van der Waals surface area contributed by atoms with E-state index in [1.807, 2.05) is 0 Å². The molecule has 72 valence electrons. The summed E-state index contributed by atoms with van der Waals surface area (Å²) in [5.41, 5.74) is 0. The van der Waals surface area contributed by atoms with E-state index >= 15 is 0 Å². The summed E-state index contributed by atoms with van der Waals surface area (Å²) in [7, 11) is 0. The summed E-state index contributed by atoms with van der Waals surface area (Å²) in [4.78, 5) is 0. The Morgan fingerprint density at radius 1 is 0.917 bits per heavy atom. The quantitative estimate of drug-likeness (QED) is 0.304. The van der Waals surface area contributed by atoms with Crippen LogP contribution in [-0.4, -0.2) is 56.6 Å². The van der Waals surface area contributed by atoms with Crippen LogP contribution in [0.2, 0.25) is 0 Å². The minimum Gasteiger partial charge on any atom is -0.396 e. The first-order valence-electron chi connectivity index (χ1n) is 3.91. The summed E-state index contributed by atoms with van der Waals surface area (Å²) in [5, 5.41) is 45.3. The summed E-state index contributed by atoms with van der Waals surface area (Å²) in [5.74, 6) is -0.557. The van der Waals surface area contributed by atoms with Gasteiger partial charge < -0.3 is 25.5 Å². The molecule has 5 atom stereocenters. The Kier molecular flexibility index (Phi) is 3.03. The highest BCUT2D eigenvalue weighted by atomic mass is 16.4. The maximum atomic E-state index is 9.24. The second-order valence-corrected chi connectivity index (χ2v) is 3.22. The molecule has 1 aliphatic carbocycles. The van der Waals surface area contributed by atoms with Gasteiger partial charge in [0, 0.05) is 12.5 Å². The highest BCUT2D eigenvalue weighted by molar-refractivity contribution is 4.91. The molecule has 1 aliphatic rings. The topological polar surface area (TPSA) is 101 Å². The first-order chi connectivity index (χ1) is 5.57. The molecule has 0 amide bonds. The van der Waals surface area contributed by atoms with Crippen LogP contribution in [0.5, 0.6) is 0 Å². The van der Waals surface area contributed by atoms with Gasteiger partial charge >= 0.3 is 0 Å². The van der Waals surface area contributed by atoms with Gasteiger partial charge in [-0.15, -0.1) is 0 Å². The zero-order chi connectivity index (χ0) is 9.30. The molecule has 0 aromatic rings. The summed E-state index contributed by atoms with van der Waals surface area (Å²) in [6.45, 7) is -0.304. The SMILES string of the molecule is OC[C@H]1C[C@@H](O)[C@H](O)[C@H](O)[C@H]1O. The summed E-state index contributed by atoms with van der Waals surface area (Å²) in [6.07, 6.45) is -4.81. The molecular weight excluding hydrogens is 164 g/mol. The Balaban J connectivity index is 2.63. The van der Waals surface area contributed by atoms with Crippen LogP contribution in [0.1, 0.15) is 6.42 Å². The van der Waals surface area contributed by atoms with E-state index in [2.05, 4.69) is 0 Å². The lowest BCUT2D eigenvalue weighted by Crippen LogP contribution is -2.54. The van der Waals surface area contributed by atoms with Crippen LogP contribution in [0.25, 0.3) is 0 Å². The van der Waals surface area contributed by atoms with Crippen LogP contribution in [0.4, 0.5) is 0 Å². The van der Waals surface area contributed by atoms with Gasteiger partial charge in [-0.05, 0) is 6.42 Å². The van der Waals surface area contributed by atoms with Crippen LogP contribution in [0.15, 0.2) is 0 Å². The van der Waals surface area contributed by atoms with Crippen molar-refractivity contribution in [2.24, 2.45) is 5.92 Å². The Labute approximate surface area is 69.9 Å². The van der Waals surface area contributed by atoms with E-state index < -0.39 is 30.3 Å². The van der Waals surface area contributed by atoms with Gasteiger partial charge in [0.1, 0.15) is 12.2 Å². The minimum atomic E-state index is -1.37. The highest BCUT2D eigenvalue weighted by Crippen LogP contribution is 2.25. The molecule has 0 heterocycles. The third kappa shape index (κ3) is 1.60. The average molecular weight is 178 g/mol. The predicted molar refractivity (Wildman–Crippen MR) is 39.2 cm³/mol. The molecule has 1 fully saturated rings. The lowest BCUT2D eigenvalue weighted by molar-refractivity contribution is -0.163. The zero-order valence-electron chi connectivity index (χ0n) is 6.54. The van der Waals surface area contributed by atoms with Gasteiger partial charge in [-0.25, -0.2) is 0 Å². The van der Waals surface area contributed by atoms with Gasteiger partial charge in [0.15, 0.2) is 0 Å². The Bertz CT molecular complexity index is 146. The predicted octanol–water partition coefficient (Wildman–Crippen LogP) is -2.56. The molecule has 0 saturated heterocycles. The molecular formula is C7H14O5. The summed E-state index contributed by atoms with van der Waals surface area (Å²) in [6, 6.07) is 0. The van der Waals surface area contributed by atoms with E-state index in [-0.39, 0.29) is 13.0 Å². The lowest BCUT2D eigenvalue weighted by atomic mass is 9.81. The van der Waals surface area contributed by atoms with E-state index in [0.717, 1.165) is 0 Å². The first kappa shape index (κ1) is 9.88. The molecule has 0 bridgehead atoms. The van der Waals surface area contributed by atoms with Gasteiger partial charge in [0.05, 0.1) is 12.2 Å². The maximum absolute atomic E-state index is 9.24. The van der Waals surface area contributed by atoms with Crippen LogP contribution < -0.4 is 0 Å². The van der Waals surface area contributed by atoms with E-state index in [1.54, 1.807) is 0 Å². The van der Waals surface area contributed by atoms with Gasteiger partial charge in [0.2, 0.25) is 0 Å². The van der Waals surface area contributed by atoms with Gasteiger partial charge in [-0.2, -0.15) is 0 Å². The maximum Gasteiger partial charge on any atom is 0.109 e. The number of aliphatic hydroxyl groups is 5. The standard InChI is InChI=1S/C7H14O5/c8-2-3-1-4(9)6(11)7(12)5(3)10/h3-12H,1-2H2/t3-,4-,5+,6+,7-/m1/s1. The third-order valence-corrected chi connectivity index (χ3v) is 2.36. The van der Waals surface area contributed by atoms with E-state index in [4.69, 9.17) is 20.4 Å². The summed E-state index contributed by atoms with van der Waals surface area (Å²) >= 11 is 0. The van der Waals surface area contributed by atoms with Crippen LogP contribution in [0, 0.1) is 5.92 Å². The van der Waals surface area contributed by atoms with E-state index in [9.17, 15) is 5.11 Å².